The summed E-state index contributed by atoms with van der Waals surface area (Å²) < 4.78 is 0. The number of para-hydroxylation sites is 1. The summed E-state index contributed by atoms with van der Waals surface area (Å²) >= 11 is 5.94. The summed E-state index contributed by atoms with van der Waals surface area (Å²) in [7, 11) is 0. The number of pyridine rings is 1. The number of H-pyrrole nitrogens is 1. The van der Waals surface area contributed by atoms with Crippen molar-refractivity contribution in [3.05, 3.63) is 45.2 Å². The summed E-state index contributed by atoms with van der Waals surface area (Å²) in [6, 6.07) is 6.98. The van der Waals surface area contributed by atoms with E-state index in [-0.39, 0.29) is 18.4 Å². The van der Waals surface area contributed by atoms with Crippen molar-refractivity contribution in [2.45, 2.75) is 12.8 Å². The van der Waals surface area contributed by atoms with E-state index in [4.69, 9.17) is 16.7 Å². The third-order valence-corrected chi connectivity index (χ3v) is 2.83. The first-order valence-corrected chi connectivity index (χ1v) is 5.48. The minimum atomic E-state index is -0.921. The van der Waals surface area contributed by atoms with Crippen LogP contribution in [0.15, 0.2) is 29.1 Å². The Bertz CT molecular complexity index is 633. The van der Waals surface area contributed by atoms with Gasteiger partial charge in [0.2, 0.25) is 0 Å². The largest absolute Gasteiger partial charge is 0.481 e. The Labute approximate surface area is 102 Å². The lowest BCUT2D eigenvalue weighted by atomic mass is 10.1. The number of hydrogen-bond acceptors (Lipinski definition) is 2. The Kier molecular flexibility index (Phi) is 3.15. The summed E-state index contributed by atoms with van der Waals surface area (Å²) in [5.41, 5.74) is 0.757. The predicted molar refractivity (Wildman–Crippen MR) is 65.5 cm³/mol. The maximum Gasteiger partial charge on any atom is 0.303 e. The number of benzene rings is 1. The van der Waals surface area contributed by atoms with Gasteiger partial charge >= 0.3 is 5.97 Å². The van der Waals surface area contributed by atoms with Crippen LogP contribution in [-0.2, 0) is 11.2 Å². The van der Waals surface area contributed by atoms with Gasteiger partial charge in [0.1, 0.15) is 0 Å². The van der Waals surface area contributed by atoms with Crippen LogP contribution in [0.3, 0.4) is 0 Å². The summed E-state index contributed by atoms with van der Waals surface area (Å²) in [6.07, 6.45) is 0.155. The average Bonchev–Trinajstić information content (AvgIpc) is 2.28. The highest BCUT2D eigenvalue weighted by Gasteiger charge is 2.07. The van der Waals surface area contributed by atoms with Gasteiger partial charge in [0.15, 0.2) is 0 Å². The summed E-state index contributed by atoms with van der Waals surface area (Å²) in [5.74, 6) is -0.921. The van der Waals surface area contributed by atoms with E-state index in [2.05, 4.69) is 4.98 Å². The lowest BCUT2D eigenvalue weighted by Gasteiger charge is -2.03. The lowest BCUT2D eigenvalue weighted by Crippen LogP contribution is -2.13. The zero-order valence-corrected chi connectivity index (χ0v) is 9.62. The van der Waals surface area contributed by atoms with Crippen LogP contribution in [0.2, 0.25) is 5.02 Å². The molecule has 2 rings (SSSR count). The van der Waals surface area contributed by atoms with E-state index >= 15 is 0 Å². The molecule has 0 aliphatic rings. The first kappa shape index (κ1) is 11.7. The van der Waals surface area contributed by atoms with Crippen LogP contribution in [0, 0.1) is 0 Å². The molecule has 0 atom stereocenters. The molecular weight excluding hydrogens is 242 g/mol. The zero-order valence-electron chi connectivity index (χ0n) is 8.87. The summed E-state index contributed by atoms with van der Waals surface area (Å²) in [4.78, 5) is 24.8. The number of halogens is 1. The van der Waals surface area contributed by atoms with Crippen LogP contribution in [0.1, 0.15) is 12.0 Å². The molecule has 5 heteroatoms. The number of aryl methyl sites for hydroxylation is 1. The van der Waals surface area contributed by atoms with Gasteiger partial charge in [-0.15, -0.1) is 0 Å². The Morgan fingerprint density at radius 3 is 2.88 bits per heavy atom. The average molecular weight is 252 g/mol. The first-order chi connectivity index (χ1) is 8.08. The maximum absolute atomic E-state index is 11.7. The van der Waals surface area contributed by atoms with E-state index in [1.807, 2.05) is 6.07 Å². The molecule has 0 fully saturated rings. The molecule has 0 unspecified atom stereocenters. The number of fused-ring (bicyclic) bond motifs is 1. The molecule has 0 aliphatic heterocycles. The quantitative estimate of drug-likeness (QED) is 0.879. The van der Waals surface area contributed by atoms with Gasteiger partial charge in [-0.2, -0.15) is 0 Å². The van der Waals surface area contributed by atoms with Crippen LogP contribution in [0.4, 0.5) is 0 Å². The van der Waals surface area contributed by atoms with E-state index in [0.717, 1.165) is 5.39 Å². The highest BCUT2D eigenvalue weighted by molar-refractivity contribution is 6.35. The maximum atomic E-state index is 11.7. The molecule has 0 bridgehead atoms. The number of aromatic amines is 1. The van der Waals surface area contributed by atoms with E-state index in [1.165, 1.54) is 0 Å². The Morgan fingerprint density at radius 2 is 2.18 bits per heavy atom. The van der Waals surface area contributed by atoms with Crippen molar-refractivity contribution in [2.24, 2.45) is 0 Å². The van der Waals surface area contributed by atoms with Crippen molar-refractivity contribution in [2.75, 3.05) is 0 Å². The van der Waals surface area contributed by atoms with Gasteiger partial charge in [0.25, 0.3) is 5.56 Å². The molecule has 1 heterocycles. The SMILES string of the molecule is O=C(O)CCc1cc2cccc(Cl)c2[nH]c1=O. The van der Waals surface area contributed by atoms with Gasteiger partial charge in [-0.1, -0.05) is 23.7 Å². The van der Waals surface area contributed by atoms with Gasteiger partial charge in [0.05, 0.1) is 10.5 Å². The number of carboxylic acid groups (broad SMARTS) is 1. The van der Waals surface area contributed by atoms with Crippen LogP contribution in [0.25, 0.3) is 10.9 Å². The lowest BCUT2D eigenvalue weighted by molar-refractivity contribution is -0.136. The Hall–Kier alpha value is -1.81. The smallest absolute Gasteiger partial charge is 0.303 e. The fraction of sp³-hybridized carbons (Fsp3) is 0.167. The number of aliphatic carboxylic acids is 1. The van der Waals surface area contributed by atoms with Crippen LogP contribution in [0.5, 0.6) is 0 Å². The minimum absolute atomic E-state index is 0.0604. The predicted octanol–water partition coefficient (Wildman–Crippen LogP) is 2.20. The third-order valence-electron chi connectivity index (χ3n) is 2.51. The van der Waals surface area contributed by atoms with E-state index in [0.29, 0.717) is 16.1 Å². The number of carbonyl (C=O) groups is 1. The Balaban J connectivity index is 2.49. The van der Waals surface area contributed by atoms with Crippen LogP contribution in [-0.4, -0.2) is 16.1 Å². The molecular formula is C12H10ClNO3. The monoisotopic (exact) mass is 251 g/mol. The Morgan fingerprint density at radius 1 is 1.41 bits per heavy atom. The molecule has 0 radical (unpaired) electrons. The van der Waals surface area contributed by atoms with Gasteiger partial charge in [0, 0.05) is 17.4 Å². The van der Waals surface area contributed by atoms with Crippen LogP contribution < -0.4 is 5.56 Å². The molecule has 2 N–H and O–H groups in total. The molecule has 0 amide bonds. The van der Waals surface area contributed by atoms with Crippen molar-refractivity contribution in [3.63, 3.8) is 0 Å². The molecule has 0 saturated heterocycles. The highest BCUT2D eigenvalue weighted by Crippen LogP contribution is 2.20. The fourth-order valence-electron chi connectivity index (χ4n) is 1.67. The minimum Gasteiger partial charge on any atom is -0.481 e. The van der Waals surface area contributed by atoms with Crippen molar-refractivity contribution in [1.29, 1.82) is 0 Å². The zero-order chi connectivity index (χ0) is 12.4. The van der Waals surface area contributed by atoms with Crippen molar-refractivity contribution >= 4 is 28.5 Å². The highest BCUT2D eigenvalue weighted by atomic mass is 35.5. The molecule has 0 saturated carbocycles. The molecule has 0 spiro atoms. The topological polar surface area (TPSA) is 70.2 Å². The number of rotatable bonds is 3. The van der Waals surface area contributed by atoms with E-state index < -0.39 is 5.97 Å². The first-order valence-electron chi connectivity index (χ1n) is 5.10. The number of carboxylic acids is 1. The summed E-state index contributed by atoms with van der Waals surface area (Å²) in [6.45, 7) is 0. The molecule has 88 valence electrons. The van der Waals surface area contributed by atoms with E-state index in [9.17, 15) is 9.59 Å². The fourth-order valence-corrected chi connectivity index (χ4v) is 1.90. The molecule has 17 heavy (non-hydrogen) atoms. The second-order valence-electron chi connectivity index (χ2n) is 3.72. The standard InChI is InChI=1S/C12H10ClNO3/c13-9-3-1-2-7-6-8(4-5-10(15)16)12(17)14-11(7)9/h1-3,6H,4-5H2,(H,14,17)(H,15,16). The molecule has 0 aliphatic carbocycles. The summed E-state index contributed by atoms with van der Waals surface area (Å²) in [5, 5.41) is 9.87. The second-order valence-corrected chi connectivity index (χ2v) is 4.13. The van der Waals surface area contributed by atoms with Gasteiger partial charge in [-0.25, -0.2) is 0 Å². The van der Waals surface area contributed by atoms with Gasteiger partial charge < -0.3 is 10.1 Å². The van der Waals surface area contributed by atoms with Crippen LogP contribution >= 0.6 is 11.6 Å². The molecule has 1 aromatic carbocycles. The number of nitrogens with one attached hydrogen (secondary N) is 1. The van der Waals surface area contributed by atoms with E-state index in [1.54, 1.807) is 18.2 Å². The van der Waals surface area contributed by atoms with Crippen molar-refractivity contribution in [1.82, 2.24) is 4.98 Å². The van der Waals surface area contributed by atoms with Crippen molar-refractivity contribution < 1.29 is 9.90 Å². The molecule has 2 aromatic rings. The number of aromatic nitrogens is 1. The molecule has 4 nitrogen and oxygen atoms in total. The normalized spacial score (nSPS) is 10.6. The second kappa shape index (κ2) is 4.59. The number of hydrogen-bond donors (Lipinski definition) is 2. The van der Waals surface area contributed by atoms with Gasteiger partial charge in [-0.3, -0.25) is 9.59 Å². The molecule has 1 aromatic heterocycles. The third kappa shape index (κ3) is 2.47. The van der Waals surface area contributed by atoms with Gasteiger partial charge in [-0.05, 0) is 18.6 Å². The van der Waals surface area contributed by atoms with Crippen molar-refractivity contribution in [3.8, 4) is 0 Å².